The second-order valence-corrected chi connectivity index (χ2v) is 6.13. The van der Waals surface area contributed by atoms with Gasteiger partial charge >= 0.3 is 11.7 Å². The van der Waals surface area contributed by atoms with Crippen molar-refractivity contribution < 1.29 is 9.53 Å². The zero-order valence-corrected chi connectivity index (χ0v) is 14.9. The van der Waals surface area contributed by atoms with Crippen LogP contribution in [0.25, 0.3) is 11.2 Å². The highest BCUT2D eigenvalue weighted by Gasteiger charge is 2.15. The number of hydrogen-bond donors (Lipinski definition) is 0. The zero-order valence-electron chi connectivity index (χ0n) is 14.9. The lowest BCUT2D eigenvalue weighted by Crippen LogP contribution is -2.39. The van der Waals surface area contributed by atoms with E-state index in [2.05, 4.69) is 4.98 Å². The fourth-order valence-corrected chi connectivity index (χ4v) is 2.86. The van der Waals surface area contributed by atoms with Crippen molar-refractivity contribution in [1.29, 1.82) is 0 Å². The summed E-state index contributed by atoms with van der Waals surface area (Å²) < 4.78 is 9.33. The number of carbonyl (C=O) groups is 1. The van der Waals surface area contributed by atoms with E-state index < -0.39 is 17.2 Å². The van der Waals surface area contributed by atoms with Gasteiger partial charge in [0.15, 0.2) is 11.2 Å². The SMILES string of the molecule is Cc1ccccc1C(=O)OCCCn1c(=O)c2c(ncn2C)n(C)c1=O. The molecule has 0 atom stereocenters. The molecule has 1 aromatic carbocycles. The minimum Gasteiger partial charge on any atom is -0.462 e. The van der Waals surface area contributed by atoms with E-state index in [-0.39, 0.29) is 13.2 Å². The van der Waals surface area contributed by atoms with Gasteiger partial charge in [-0.2, -0.15) is 0 Å². The highest BCUT2D eigenvalue weighted by molar-refractivity contribution is 5.90. The first-order valence-corrected chi connectivity index (χ1v) is 8.25. The van der Waals surface area contributed by atoms with Crippen LogP contribution in [0.1, 0.15) is 22.3 Å². The van der Waals surface area contributed by atoms with Gasteiger partial charge in [0, 0.05) is 20.6 Å². The third kappa shape index (κ3) is 3.05. The Hall–Kier alpha value is -3.16. The van der Waals surface area contributed by atoms with Crippen LogP contribution in [-0.4, -0.2) is 31.3 Å². The molecule has 0 aliphatic heterocycles. The predicted octanol–water partition coefficient (Wildman–Crippen LogP) is 0.989. The maximum Gasteiger partial charge on any atom is 0.338 e. The highest BCUT2D eigenvalue weighted by atomic mass is 16.5. The van der Waals surface area contributed by atoms with Crippen LogP contribution in [0.2, 0.25) is 0 Å². The molecule has 0 spiro atoms. The van der Waals surface area contributed by atoms with Gasteiger partial charge in [-0.25, -0.2) is 14.6 Å². The molecule has 0 unspecified atom stereocenters. The molecule has 2 heterocycles. The first-order chi connectivity index (χ1) is 12.4. The summed E-state index contributed by atoms with van der Waals surface area (Å²) in [6, 6.07) is 7.16. The summed E-state index contributed by atoms with van der Waals surface area (Å²) in [5.74, 6) is -0.412. The molecule has 0 bridgehead atoms. The Morgan fingerprint density at radius 1 is 1.19 bits per heavy atom. The van der Waals surface area contributed by atoms with Crippen molar-refractivity contribution in [2.75, 3.05) is 6.61 Å². The van der Waals surface area contributed by atoms with Crippen molar-refractivity contribution in [2.45, 2.75) is 19.9 Å². The fraction of sp³-hybridized carbons (Fsp3) is 0.333. The molecule has 0 aliphatic rings. The van der Waals surface area contributed by atoms with Gasteiger partial charge in [-0.1, -0.05) is 18.2 Å². The number of hydrogen-bond acceptors (Lipinski definition) is 5. The normalized spacial score (nSPS) is 11.0. The Balaban J connectivity index is 1.72. The first kappa shape index (κ1) is 17.7. The van der Waals surface area contributed by atoms with Crippen LogP contribution in [0.15, 0.2) is 40.2 Å². The Kier molecular flexibility index (Phi) is 4.75. The molecule has 136 valence electrons. The molecule has 0 radical (unpaired) electrons. The Bertz CT molecular complexity index is 1090. The Morgan fingerprint density at radius 3 is 2.65 bits per heavy atom. The minimum absolute atomic E-state index is 0.117. The lowest BCUT2D eigenvalue weighted by atomic mass is 10.1. The molecule has 0 aliphatic carbocycles. The van der Waals surface area contributed by atoms with Gasteiger partial charge in [-0.15, -0.1) is 0 Å². The summed E-state index contributed by atoms with van der Waals surface area (Å²) in [5.41, 5.74) is 1.23. The molecule has 2 aromatic heterocycles. The van der Waals surface area contributed by atoms with E-state index in [1.165, 1.54) is 10.9 Å². The summed E-state index contributed by atoms with van der Waals surface area (Å²) in [5, 5.41) is 0. The predicted molar refractivity (Wildman–Crippen MR) is 96.3 cm³/mol. The average molecular weight is 356 g/mol. The van der Waals surface area contributed by atoms with E-state index >= 15 is 0 Å². The van der Waals surface area contributed by atoms with Crippen LogP contribution in [0.4, 0.5) is 0 Å². The number of fused-ring (bicyclic) bond motifs is 1. The van der Waals surface area contributed by atoms with E-state index in [0.717, 1.165) is 10.1 Å². The van der Waals surface area contributed by atoms with Crippen molar-refractivity contribution >= 4 is 17.1 Å². The number of aryl methyl sites for hydroxylation is 3. The standard InChI is InChI=1S/C18H20N4O4/c1-12-7-4-5-8-13(12)17(24)26-10-6-9-22-16(23)14-15(19-11-20(14)2)21(3)18(22)25/h4-5,7-8,11H,6,9-10H2,1-3H3. The molecule has 0 amide bonds. The molecule has 3 rings (SSSR count). The van der Waals surface area contributed by atoms with Gasteiger partial charge in [-0.05, 0) is 25.0 Å². The molecule has 26 heavy (non-hydrogen) atoms. The zero-order chi connectivity index (χ0) is 18.8. The molecule has 8 heteroatoms. The second kappa shape index (κ2) is 6.99. The van der Waals surface area contributed by atoms with Crippen molar-refractivity contribution in [3.05, 3.63) is 62.6 Å². The minimum atomic E-state index is -0.438. The number of imidazole rings is 1. The molecule has 0 N–H and O–H groups in total. The molecule has 0 saturated heterocycles. The molecule has 8 nitrogen and oxygen atoms in total. The fourth-order valence-electron chi connectivity index (χ4n) is 2.86. The third-order valence-electron chi connectivity index (χ3n) is 4.33. The van der Waals surface area contributed by atoms with Crippen molar-refractivity contribution in [3.63, 3.8) is 0 Å². The smallest absolute Gasteiger partial charge is 0.338 e. The number of nitrogens with zero attached hydrogens (tertiary/aromatic N) is 4. The molecule has 3 aromatic rings. The lowest BCUT2D eigenvalue weighted by molar-refractivity contribution is 0.0494. The first-order valence-electron chi connectivity index (χ1n) is 8.25. The van der Waals surface area contributed by atoms with Crippen molar-refractivity contribution in [1.82, 2.24) is 18.7 Å². The largest absolute Gasteiger partial charge is 0.462 e. The van der Waals surface area contributed by atoms with Crippen LogP contribution < -0.4 is 11.2 Å². The Morgan fingerprint density at radius 2 is 1.92 bits per heavy atom. The van der Waals surface area contributed by atoms with Gasteiger partial charge < -0.3 is 9.30 Å². The van der Waals surface area contributed by atoms with E-state index in [0.29, 0.717) is 23.1 Å². The molecular formula is C18H20N4O4. The summed E-state index contributed by atoms with van der Waals surface area (Å²) in [4.78, 5) is 41.1. The summed E-state index contributed by atoms with van der Waals surface area (Å²) in [6.45, 7) is 2.11. The van der Waals surface area contributed by atoms with Crippen molar-refractivity contribution in [3.8, 4) is 0 Å². The second-order valence-electron chi connectivity index (χ2n) is 6.13. The average Bonchev–Trinajstić information content (AvgIpc) is 3.01. The van der Waals surface area contributed by atoms with Crippen LogP contribution in [0, 0.1) is 6.92 Å². The third-order valence-corrected chi connectivity index (χ3v) is 4.33. The van der Waals surface area contributed by atoms with Gasteiger partial charge in [0.2, 0.25) is 0 Å². The van der Waals surface area contributed by atoms with Gasteiger partial charge in [0.05, 0.1) is 18.5 Å². The van der Waals surface area contributed by atoms with E-state index in [9.17, 15) is 14.4 Å². The van der Waals surface area contributed by atoms with E-state index in [1.807, 2.05) is 19.1 Å². The number of ether oxygens (including phenoxy) is 1. The number of rotatable bonds is 5. The number of aromatic nitrogens is 4. The van der Waals surface area contributed by atoms with Crippen LogP contribution >= 0.6 is 0 Å². The van der Waals surface area contributed by atoms with Crippen LogP contribution in [0.3, 0.4) is 0 Å². The Labute approximate surface area is 149 Å². The number of carbonyl (C=O) groups excluding carboxylic acids is 1. The monoisotopic (exact) mass is 356 g/mol. The topological polar surface area (TPSA) is 88.1 Å². The molecule has 0 saturated carbocycles. The molecule has 0 fully saturated rings. The quantitative estimate of drug-likeness (QED) is 0.502. The molecular weight excluding hydrogens is 336 g/mol. The van der Waals surface area contributed by atoms with E-state index in [1.54, 1.807) is 30.8 Å². The maximum absolute atomic E-state index is 12.6. The van der Waals surface area contributed by atoms with Crippen LogP contribution in [0.5, 0.6) is 0 Å². The van der Waals surface area contributed by atoms with Crippen LogP contribution in [-0.2, 0) is 25.4 Å². The summed E-state index contributed by atoms with van der Waals surface area (Å²) >= 11 is 0. The lowest BCUT2D eigenvalue weighted by Gasteiger charge is -2.09. The summed E-state index contributed by atoms with van der Waals surface area (Å²) in [6.07, 6.45) is 1.86. The van der Waals surface area contributed by atoms with Gasteiger partial charge in [-0.3, -0.25) is 13.9 Å². The van der Waals surface area contributed by atoms with Gasteiger partial charge in [0.25, 0.3) is 5.56 Å². The van der Waals surface area contributed by atoms with E-state index in [4.69, 9.17) is 4.74 Å². The highest BCUT2D eigenvalue weighted by Crippen LogP contribution is 2.09. The van der Waals surface area contributed by atoms with Gasteiger partial charge in [0.1, 0.15) is 0 Å². The van der Waals surface area contributed by atoms with Crippen molar-refractivity contribution in [2.24, 2.45) is 14.1 Å². The number of benzene rings is 1. The maximum atomic E-state index is 12.6. The number of esters is 1. The summed E-state index contributed by atoms with van der Waals surface area (Å²) in [7, 11) is 3.28.